The van der Waals surface area contributed by atoms with Crippen LogP contribution in [0.1, 0.15) is 54.8 Å². The van der Waals surface area contributed by atoms with E-state index in [1.165, 1.54) is 19.1 Å². The molecule has 1 aliphatic rings. The molecule has 2 atom stereocenters. The van der Waals surface area contributed by atoms with Crippen molar-refractivity contribution in [1.29, 1.82) is 0 Å². The molecule has 1 aliphatic heterocycles. The van der Waals surface area contributed by atoms with Crippen LogP contribution in [0, 0.1) is 5.92 Å². The number of nitrogens with zero attached hydrogens (tertiary/aromatic N) is 1. The van der Waals surface area contributed by atoms with Gasteiger partial charge in [-0.2, -0.15) is 0 Å². The van der Waals surface area contributed by atoms with E-state index in [1.807, 2.05) is 13.8 Å². The summed E-state index contributed by atoms with van der Waals surface area (Å²) in [5, 5.41) is 5.70. The second kappa shape index (κ2) is 10.1. The number of nitrogens with one attached hydrogen (secondary N) is 2. The number of rotatable bonds is 8. The third kappa shape index (κ3) is 5.43. The second-order valence-electron chi connectivity index (χ2n) is 7.40. The van der Waals surface area contributed by atoms with Crippen LogP contribution >= 0.6 is 23.2 Å². The standard InChI is InChI=1S/C20H25Cl2N3O5/c1-5-30-20(29)24-12(6-10(2)3)9-23-17(26)11(4)25-18(27)13-7-15(21)16(22)8-14(13)19(25)28/h7-8,10-12H,5-6,9H2,1-4H3,(H,23,26)(H,24,29). The Kier molecular flexibility index (Phi) is 8.09. The Labute approximate surface area is 185 Å². The van der Waals surface area contributed by atoms with Gasteiger partial charge in [-0.15, -0.1) is 0 Å². The van der Waals surface area contributed by atoms with Crippen molar-refractivity contribution in [2.24, 2.45) is 5.92 Å². The molecular weight excluding hydrogens is 433 g/mol. The molecule has 2 unspecified atom stereocenters. The first kappa shape index (κ1) is 24.0. The van der Waals surface area contributed by atoms with Gasteiger partial charge in [0.25, 0.3) is 11.8 Å². The molecule has 30 heavy (non-hydrogen) atoms. The smallest absolute Gasteiger partial charge is 0.407 e. The summed E-state index contributed by atoms with van der Waals surface area (Å²) in [4.78, 5) is 50.6. The number of amides is 4. The molecule has 1 aromatic carbocycles. The molecule has 1 aromatic rings. The first-order chi connectivity index (χ1) is 14.1. The van der Waals surface area contributed by atoms with Gasteiger partial charge in [-0.1, -0.05) is 37.0 Å². The molecule has 2 N–H and O–H groups in total. The number of halogens is 2. The zero-order valence-corrected chi connectivity index (χ0v) is 18.8. The zero-order valence-electron chi connectivity index (χ0n) is 17.3. The number of carbonyl (C=O) groups excluding carboxylic acids is 4. The van der Waals surface area contributed by atoms with Crippen molar-refractivity contribution < 1.29 is 23.9 Å². The number of imide groups is 1. The van der Waals surface area contributed by atoms with Crippen LogP contribution in [0.15, 0.2) is 12.1 Å². The van der Waals surface area contributed by atoms with Gasteiger partial charge < -0.3 is 15.4 Å². The van der Waals surface area contributed by atoms with E-state index in [9.17, 15) is 19.2 Å². The van der Waals surface area contributed by atoms with Crippen LogP contribution in [0.4, 0.5) is 4.79 Å². The number of hydrogen-bond acceptors (Lipinski definition) is 5. The van der Waals surface area contributed by atoms with Crippen LogP contribution in [-0.2, 0) is 9.53 Å². The fourth-order valence-electron chi connectivity index (χ4n) is 3.19. The lowest BCUT2D eigenvalue weighted by Crippen LogP contribution is -2.51. The quantitative estimate of drug-likeness (QED) is 0.582. The molecular formula is C20H25Cl2N3O5. The third-order valence-electron chi connectivity index (χ3n) is 4.60. The number of carbonyl (C=O) groups is 4. The van der Waals surface area contributed by atoms with Crippen LogP contribution < -0.4 is 10.6 Å². The molecule has 0 spiro atoms. The fraction of sp³-hybridized carbons (Fsp3) is 0.500. The van der Waals surface area contributed by atoms with E-state index in [0.717, 1.165) is 4.90 Å². The van der Waals surface area contributed by atoms with Crippen LogP contribution in [-0.4, -0.2) is 54.0 Å². The molecule has 0 bridgehead atoms. The lowest BCUT2D eigenvalue weighted by molar-refractivity contribution is -0.124. The van der Waals surface area contributed by atoms with Crippen LogP contribution in [0.2, 0.25) is 10.0 Å². The molecule has 2 rings (SSSR count). The van der Waals surface area contributed by atoms with Crippen molar-refractivity contribution in [1.82, 2.24) is 15.5 Å². The number of benzene rings is 1. The van der Waals surface area contributed by atoms with E-state index in [4.69, 9.17) is 27.9 Å². The molecule has 0 fully saturated rings. The van der Waals surface area contributed by atoms with Crippen LogP contribution in [0.3, 0.4) is 0 Å². The lowest BCUT2D eigenvalue weighted by atomic mass is 10.0. The van der Waals surface area contributed by atoms with Crippen molar-refractivity contribution in [2.75, 3.05) is 13.2 Å². The Morgan fingerprint density at radius 3 is 2.07 bits per heavy atom. The number of fused-ring (bicyclic) bond motifs is 1. The first-order valence-corrected chi connectivity index (χ1v) is 10.4. The Bertz CT molecular complexity index is 818. The molecule has 4 amide bonds. The molecule has 0 aliphatic carbocycles. The summed E-state index contributed by atoms with van der Waals surface area (Å²) < 4.78 is 4.89. The van der Waals surface area contributed by atoms with Crippen LogP contribution in [0.5, 0.6) is 0 Å². The van der Waals surface area contributed by atoms with Gasteiger partial charge in [0.15, 0.2) is 0 Å². The first-order valence-electron chi connectivity index (χ1n) is 9.64. The highest BCUT2D eigenvalue weighted by Crippen LogP contribution is 2.32. The highest BCUT2D eigenvalue weighted by molar-refractivity contribution is 6.43. The minimum atomic E-state index is -1.06. The Hall–Kier alpha value is -2.32. The molecule has 0 saturated carbocycles. The Balaban J connectivity index is 2.06. The minimum Gasteiger partial charge on any atom is -0.450 e. The zero-order chi connectivity index (χ0) is 22.6. The van der Waals surface area contributed by atoms with Gasteiger partial charge in [0.1, 0.15) is 6.04 Å². The number of ether oxygens (including phenoxy) is 1. The summed E-state index contributed by atoms with van der Waals surface area (Å²) >= 11 is 11.9. The summed E-state index contributed by atoms with van der Waals surface area (Å²) in [5.74, 6) is -1.49. The molecule has 0 saturated heterocycles. The van der Waals surface area contributed by atoms with Gasteiger partial charge in [-0.3, -0.25) is 19.3 Å². The number of alkyl carbamates (subject to hydrolysis) is 1. The molecule has 0 aromatic heterocycles. The van der Waals surface area contributed by atoms with Crippen molar-refractivity contribution in [2.45, 2.75) is 46.2 Å². The Morgan fingerprint density at radius 2 is 1.60 bits per heavy atom. The molecule has 10 heteroatoms. The highest BCUT2D eigenvalue weighted by atomic mass is 35.5. The van der Waals surface area contributed by atoms with E-state index in [0.29, 0.717) is 6.42 Å². The summed E-state index contributed by atoms with van der Waals surface area (Å²) in [5.41, 5.74) is 0.214. The van der Waals surface area contributed by atoms with Crippen molar-refractivity contribution in [3.05, 3.63) is 33.3 Å². The largest absolute Gasteiger partial charge is 0.450 e. The fourth-order valence-corrected chi connectivity index (χ4v) is 3.52. The van der Waals surface area contributed by atoms with E-state index in [-0.39, 0.29) is 46.3 Å². The maximum atomic E-state index is 12.7. The van der Waals surface area contributed by atoms with Crippen molar-refractivity contribution in [3.63, 3.8) is 0 Å². The van der Waals surface area contributed by atoms with Gasteiger partial charge >= 0.3 is 6.09 Å². The van der Waals surface area contributed by atoms with Gasteiger partial charge in [-0.05, 0) is 38.3 Å². The SMILES string of the molecule is CCOC(=O)NC(CNC(=O)C(C)N1C(=O)c2cc(Cl)c(Cl)cc2C1=O)CC(C)C. The average Bonchev–Trinajstić information content (AvgIpc) is 2.89. The summed E-state index contributed by atoms with van der Waals surface area (Å²) in [6.07, 6.45) is 0.0388. The summed E-state index contributed by atoms with van der Waals surface area (Å²) in [7, 11) is 0. The molecule has 8 nitrogen and oxygen atoms in total. The average molecular weight is 458 g/mol. The van der Waals surface area contributed by atoms with Gasteiger partial charge in [0.05, 0.1) is 27.8 Å². The van der Waals surface area contributed by atoms with E-state index in [2.05, 4.69) is 10.6 Å². The normalized spacial score (nSPS) is 15.1. The highest BCUT2D eigenvalue weighted by Gasteiger charge is 2.41. The topological polar surface area (TPSA) is 105 Å². The minimum absolute atomic E-state index is 0.107. The summed E-state index contributed by atoms with van der Waals surface area (Å²) in [6, 6.07) is 1.23. The molecule has 1 heterocycles. The lowest BCUT2D eigenvalue weighted by Gasteiger charge is -2.24. The van der Waals surface area contributed by atoms with Gasteiger partial charge in [-0.25, -0.2) is 4.79 Å². The van der Waals surface area contributed by atoms with Crippen molar-refractivity contribution in [3.8, 4) is 0 Å². The summed E-state index contributed by atoms with van der Waals surface area (Å²) in [6.45, 7) is 7.48. The van der Waals surface area contributed by atoms with Crippen LogP contribution in [0.25, 0.3) is 0 Å². The predicted molar refractivity (Wildman–Crippen MR) is 113 cm³/mol. The Morgan fingerprint density at radius 1 is 1.07 bits per heavy atom. The second-order valence-corrected chi connectivity index (χ2v) is 8.22. The third-order valence-corrected chi connectivity index (χ3v) is 5.32. The molecule has 0 radical (unpaired) electrons. The van der Waals surface area contributed by atoms with E-state index < -0.39 is 29.9 Å². The van der Waals surface area contributed by atoms with Crippen molar-refractivity contribution >= 4 is 47.0 Å². The van der Waals surface area contributed by atoms with Gasteiger partial charge in [0, 0.05) is 12.6 Å². The predicted octanol–water partition coefficient (Wildman–Crippen LogP) is 3.25. The van der Waals surface area contributed by atoms with Gasteiger partial charge in [0.2, 0.25) is 5.91 Å². The monoisotopic (exact) mass is 457 g/mol. The molecule has 164 valence electrons. The number of hydrogen-bond donors (Lipinski definition) is 2. The van der Waals surface area contributed by atoms with E-state index in [1.54, 1.807) is 6.92 Å². The maximum Gasteiger partial charge on any atom is 0.407 e. The maximum absolute atomic E-state index is 12.7. The van der Waals surface area contributed by atoms with E-state index >= 15 is 0 Å².